The summed E-state index contributed by atoms with van der Waals surface area (Å²) in [7, 11) is 0. The number of nitrogens with zero attached hydrogens (tertiary/aromatic N) is 3. The van der Waals surface area contributed by atoms with Crippen LogP contribution in [0, 0.1) is 0 Å². The van der Waals surface area contributed by atoms with Crippen LogP contribution in [-0.2, 0) is 0 Å². The number of aromatic nitrogens is 3. The fraction of sp³-hybridized carbons (Fsp3) is 0. The van der Waals surface area contributed by atoms with Gasteiger partial charge in [-0.15, -0.1) is 0 Å². The van der Waals surface area contributed by atoms with E-state index in [1.54, 1.807) is 29.3 Å². The lowest BCUT2D eigenvalue weighted by Gasteiger charge is -2.06. The molecule has 1 amide bonds. The van der Waals surface area contributed by atoms with Crippen LogP contribution in [0.15, 0.2) is 83.7 Å². The van der Waals surface area contributed by atoms with Crippen LogP contribution in [-0.4, -0.2) is 20.7 Å². The Kier molecular flexibility index (Phi) is 4.90. The highest BCUT2D eigenvalue weighted by Crippen LogP contribution is 2.28. The minimum absolute atomic E-state index is 0.334. The molecule has 7 heteroatoms. The van der Waals surface area contributed by atoms with Crippen LogP contribution in [0.2, 0.25) is 0 Å². The van der Waals surface area contributed by atoms with Gasteiger partial charge >= 0.3 is 0 Å². The largest absolute Gasteiger partial charge is 0.457 e. The summed E-state index contributed by atoms with van der Waals surface area (Å²) in [4.78, 5) is 16.0. The van der Waals surface area contributed by atoms with Gasteiger partial charge in [-0.25, -0.2) is 4.68 Å². The monoisotopic (exact) mass is 434 g/mol. The van der Waals surface area contributed by atoms with E-state index in [4.69, 9.17) is 10.5 Å². The maximum Gasteiger partial charge on any atom is 0.252 e. The lowest BCUT2D eigenvalue weighted by Crippen LogP contribution is -2.11. The van der Waals surface area contributed by atoms with E-state index in [0.717, 1.165) is 21.5 Å². The molecule has 0 saturated carbocycles. The molecule has 0 spiro atoms. The number of benzene rings is 2. The van der Waals surface area contributed by atoms with Gasteiger partial charge in [-0.2, -0.15) is 5.10 Å². The van der Waals surface area contributed by atoms with E-state index in [0.29, 0.717) is 17.0 Å². The number of hydrogen-bond acceptors (Lipinski definition) is 4. The smallest absolute Gasteiger partial charge is 0.252 e. The average molecular weight is 435 g/mol. The molecule has 0 atom stereocenters. The highest BCUT2D eigenvalue weighted by Gasteiger charge is 2.17. The SMILES string of the molecule is NC(=O)c1cn(-c2ccncc2Br)nc1-c1ccc(Oc2ccccc2)cc1. The van der Waals surface area contributed by atoms with E-state index in [-0.39, 0.29) is 0 Å². The molecule has 6 nitrogen and oxygen atoms in total. The molecular formula is C21H15BrN4O2. The third-order valence-electron chi connectivity index (χ3n) is 4.08. The summed E-state index contributed by atoms with van der Waals surface area (Å²) in [6.07, 6.45) is 4.93. The van der Waals surface area contributed by atoms with Gasteiger partial charge in [-0.1, -0.05) is 18.2 Å². The predicted molar refractivity (Wildman–Crippen MR) is 110 cm³/mol. The fourth-order valence-corrected chi connectivity index (χ4v) is 3.18. The molecule has 28 heavy (non-hydrogen) atoms. The number of pyridine rings is 1. The Hall–Kier alpha value is -3.45. The minimum atomic E-state index is -0.545. The number of carbonyl (C=O) groups excluding carboxylic acids is 1. The molecule has 4 rings (SSSR count). The Labute approximate surface area is 169 Å². The molecule has 2 heterocycles. The molecule has 0 aliphatic carbocycles. The van der Waals surface area contributed by atoms with Crippen molar-refractivity contribution in [3.63, 3.8) is 0 Å². The maximum absolute atomic E-state index is 12.0. The van der Waals surface area contributed by atoms with Crippen LogP contribution in [0.5, 0.6) is 11.5 Å². The molecular weight excluding hydrogens is 420 g/mol. The molecule has 2 N–H and O–H groups in total. The lowest BCUT2D eigenvalue weighted by molar-refractivity contribution is 0.100. The average Bonchev–Trinajstić information content (AvgIpc) is 3.15. The quantitative estimate of drug-likeness (QED) is 0.497. The van der Waals surface area contributed by atoms with Crippen LogP contribution in [0.1, 0.15) is 10.4 Å². The summed E-state index contributed by atoms with van der Waals surface area (Å²) in [6, 6.07) is 18.7. The number of halogens is 1. The van der Waals surface area contributed by atoms with Gasteiger partial charge in [0.05, 0.1) is 15.7 Å². The summed E-state index contributed by atoms with van der Waals surface area (Å²) in [5, 5.41) is 4.56. The number of para-hydroxylation sites is 1. The Morgan fingerprint density at radius 1 is 1.00 bits per heavy atom. The zero-order chi connectivity index (χ0) is 19.5. The van der Waals surface area contributed by atoms with Crippen molar-refractivity contribution >= 4 is 21.8 Å². The van der Waals surface area contributed by atoms with Crippen molar-refractivity contribution in [2.24, 2.45) is 5.73 Å². The Morgan fingerprint density at radius 2 is 1.71 bits per heavy atom. The first-order chi connectivity index (χ1) is 13.6. The fourth-order valence-electron chi connectivity index (χ4n) is 2.75. The van der Waals surface area contributed by atoms with Gasteiger partial charge in [0.2, 0.25) is 0 Å². The number of rotatable bonds is 5. The van der Waals surface area contributed by atoms with Gasteiger partial charge in [0.25, 0.3) is 5.91 Å². The van der Waals surface area contributed by atoms with Gasteiger partial charge in [0.15, 0.2) is 0 Å². The molecule has 0 fully saturated rings. The zero-order valence-corrected chi connectivity index (χ0v) is 16.2. The second-order valence-electron chi connectivity index (χ2n) is 5.97. The van der Waals surface area contributed by atoms with Crippen LogP contribution in [0.3, 0.4) is 0 Å². The van der Waals surface area contributed by atoms with Crippen molar-refractivity contribution < 1.29 is 9.53 Å². The van der Waals surface area contributed by atoms with Crippen molar-refractivity contribution in [1.29, 1.82) is 0 Å². The first-order valence-corrected chi connectivity index (χ1v) is 9.24. The summed E-state index contributed by atoms with van der Waals surface area (Å²) in [5.74, 6) is 0.891. The number of hydrogen-bond donors (Lipinski definition) is 1. The predicted octanol–water partition coefficient (Wildman–Crippen LogP) is 4.59. The number of amides is 1. The summed E-state index contributed by atoms with van der Waals surface area (Å²) in [5.41, 5.74) is 7.93. The summed E-state index contributed by atoms with van der Waals surface area (Å²) >= 11 is 3.45. The highest BCUT2D eigenvalue weighted by molar-refractivity contribution is 9.10. The molecule has 2 aromatic heterocycles. The molecule has 0 aliphatic heterocycles. The third-order valence-corrected chi connectivity index (χ3v) is 4.70. The molecule has 0 radical (unpaired) electrons. The van der Waals surface area contributed by atoms with Crippen molar-refractivity contribution in [2.45, 2.75) is 0 Å². The van der Waals surface area contributed by atoms with Crippen molar-refractivity contribution in [1.82, 2.24) is 14.8 Å². The number of nitrogens with two attached hydrogens (primary N) is 1. The number of carbonyl (C=O) groups is 1. The molecule has 4 aromatic rings. The summed E-state index contributed by atoms with van der Waals surface area (Å²) in [6.45, 7) is 0. The lowest BCUT2D eigenvalue weighted by atomic mass is 10.1. The summed E-state index contributed by atoms with van der Waals surface area (Å²) < 4.78 is 8.17. The molecule has 0 aliphatic rings. The first kappa shape index (κ1) is 17.9. The van der Waals surface area contributed by atoms with Crippen LogP contribution in [0.4, 0.5) is 0 Å². The van der Waals surface area contributed by atoms with E-state index < -0.39 is 5.91 Å². The standard InChI is InChI=1S/C21H15BrN4O2/c22-18-12-24-11-10-19(18)26-13-17(21(23)27)20(25-26)14-6-8-16(9-7-14)28-15-4-2-1-3-5-15/h1-13H,(H2,23,27). The van der Waals surface area contributed by atoms with E-state index >= 15 is 0 Å². The molecule has 0 saturated heterocycles. The van der Waals surface area contributed by atoms with Crippen LogP contribution in [0.25, 0.3) is 16.9 Å². The van der Waals surface area contributed by atoms with E-state index in [2.05, 4.69) is 26.0 Å². The number of primary amides is 1. The van der Waals surface area contributed by atoms with Gasteiger partial charge in [0, 0.05) is 24.2 Å². The highest BCUT2D eigenvalue weighted by atomic mass is 79.9. The van der Waals surface area contributed by atoms with Crippen LogP contribution < -0.4 is 10.5 Å². The van der Waals surface area contributed by atoms with Crippen LogP contribution >= 0.6 is 15.9 Å². The van der Waals surface area contributed by atoms with E-state index in [1.807, 2.05) is 54.6 Å². The van der Waals surface area contributed by atoms with Crippen molar-refractivity contribution in [2.75, 3.05) is 0 Å². The van der Waals surface area contributed by atoms with Gasteiger partial charge in [-0.3, -0.25) is 9.78 Å². The van der Waals surface area contributed by atoms with Gasteiger partial charge < -0.3 is 10.5 Å². The second-order valence-corrected chi connectivity index (χ2v) is 6.82. The van der Waals surface area contributed by atoms with Crippen molar-refractivity contribution in [3.8, 4) is 28.4 Å². The molecule has 2 aromatic carbocycles. The Bertz CT molecular complexity index is 1120. The normalized spacial score (nSPS) is 10.6. The van der Waals surface area contributed by atoms with Gasteiger partial charge in [-0.05, 0) is 58.4 Å². The Balaban J connectivity index is 1.68. The molecule has 138 valence electrons. The maximum atomic E-state index is 12.0. The van der Waals surface area contributed by atoms with E-state index in [1.165, 1.54) is 0 Å². The number of ether oxygens (including phenoxy) is 1. The minimum Gasteiger partial charge on any atom is -0.457 e. The second kappa shape index (κ2) is 7.66. The molecule has 0 bridgehead atoms. The first-order valence-electron chi connectivity index (χ1n) is 8.44. The third kappa shape index (κ3) is 3.65. The van der Waals surface area contributed by atoms with E-state index in [9.17, 15) is 4.79 Å². The zero-order valence-electron chi connectivity index (χ0n) is 14.6. The van der Waals surface area contributed by atoms with Gasteiger partial charge in [0.1, 0.15) is 17.2 Å². The Morgan fingerprint density at radius 3 is 2.39 bits per heavy atom. The van der Waals surface area contributed by atoms with Crippen molar-refractivity contribution in [3.05, 3.63) is 89.3 Å². The topological polar surface area (TPSA) is 83.0 Å². The molecule has 0 unspecified atom stereocenters.